The van der Waals surface area contributed by atoms with Crippen molar-refractivity contribution >= 4 is 5.78 Å². The van der Waals surface area contributed by atoms with Gasteiger partial charge < -0.3 is 18.9 Å². The molecule has 3 fully saturated rings. The summed E-state index contributed by atoms with van der Waals surface area (Å²) in [6.45, 7) is 12.9. The van der Waals surface area contributed by atoms with Crippen LogP contribution in [0.25, 0.3) is 0 Å². The van der Waals surface area contributed by atoms with Crippen molar-refractivity contribution in [2.75, 3.05) is 13.2 Å². The molecule has 0 aromatic heterocycles. The quantitative estimate of drug-likeness (QED) is 0.311. The van der Waals surface area contributed by atoms with Gasteiger partial charge in [-0.1, -0.05) is 43.7 Å². The van der Waals surface area contributed by atoms with Gasteiger partial charge in [0, 0.05) is 25.2 Å². The number of ketones is 1. The van der Waals surface area contributed by atoms with E-state index in [1.54, 1.807) is 0 Å². The molecular weight excluding hydrogens is 452 g/mol. The van der Waals surface area contributed by atoms with Crippen molar-refractivity contribution < 1.29 is 23.7 Å². The standard InChI is InChI=1S/C31H48O5/c1-23(33-22-24-12-7-6-8-13-24)11-9-10-14-27(32)19-26-20-30(5)25(21-31(26)34-17-18-35-31)15-16-28(30)36-29(2,3)4/h6-8,12-13,23,25-26,28H,9-11,14-22H2,1-5H3/t23-,25+,26-,28+,30+/m1/s1. The maximum atomic E-state index is 13.1. The summed E-state index contributed by atoms with van der Waals surface area (Å²) in [6, 6.07) is 10.3. The van der Waals surface area contributed by atoms with Crippen molar-refractivity contribution in [3.8, 4) is 0 Å². The van der Waals surface area contributed by atoms with Crippen LogP contribution in [-0.4, -0.2) is 42.6 Å². The fourth-order valence-corrected chi connectivity index (χ4v) is 6.80. The number of benzene rings is 1. The van der Waals surface area contributed by atoms with Crippen molar-refractivity contribution in [1.82, 2.24) is 0 Å². The summed E-state index contributed by atoms with van der Waals surface area (Å²) in [7, 11) is 0. The van der Waals surface area contributed by atoms with Gasteiger partial charge >= 0.3 is 0 Å². The SMILES string of the molecule is C[C@H](CCCCC(=O)C[C@@H]1C[C@@]2(C)[C@@H](CC[C@@H]2OC(C)(C)C)CC12OCCO2)OCc1ccccc1. The van der Waals surface area contributed by atoms with Crippen LogP contribution in [0.1, 0.15) is 98.0 Å². The Hall–Kier alpha value is -1.27. The molecule has 1 aromatic carbocycles. The van der Waals surface area contributed by atoms with Gasteiger partial charge in [-0.2, -0.15) is 0 Å². The average Bonchev–Trinajstić information content (AvgIpc) is 3.41. The van der Waals surface area contributed by atoms with Crippen LogP contribution in [0.2, 0.25) is 0 Å². The zero-order chi connectivity index (χ0) is 25.8. The predicted molar refractivity (Wildman–Crippen MR) is 142 cm³/mol. The summed E-state index contributed by atoms with van der Waals surface area (Å²) in [5, 5.41) is 0. The number of carbonyl (C=O) groups excluding carboxylic acids is 1. The molecule has 1 aliphatic heterocycles. The summed E-state index contributed by atoms with van der Waals surface area (Å²) in [5.41, 5.74) is 1.11. The number of Topliss-reactive ketones (excluding diaryl/α,β-unsaturated/α-hetero) is 1. The number of carbonyl (C=O) groups is 1. The molecule has 202 valence electrons. The number of hydrogen-bond donors (Lipinski definition) is 0. The smallest absolute Gasteiger partial charge is 0.172 e. The molecule has 3 aliphatic rings. The highest BCUT2D eigenvalue weighted by atomic mass is 16.7. The van der Waals surface area contributed by atoms with Crippen molar-refractivity contribution in [1.29, 1.82) is 0 Å². The maximum Gasteiger partial charge on any atom is 0.172 e. The van der Waals surface area contributed by atoms with E-state index >= 15 is 0 Å². The van der Waals surface area contributed by atoms with Crippen LogP contribution in [0.3, 0.4) is 0 Å². The van der Waals surface area contributed by atoms with Gasteiger partial charge in [0.25, 0.3) is 0 Å². The molecule has 36 heavy (non-hydrogen) atoms. The van der Waals surface area contributed by atoms with Crippen molar-refractivity contribution in [3.63, 3.8) is 0 Å². The second kappa shape index (κ2) is 11.6. The highest BCUT2D eigenvalue weighted by Crippen LogP contribution is 2.60. The Balaban J connectivity index is 1.26. The molecule has 4 rings (SSSR count). The number of fused-ring (bicyclic) bond motifs is 1. The average molecular weight is 501 g/mol. The molecule has 0 amide bonds. The lowest BCUT2D eigenvalue weighted by Crippen LogP contribution is -2.53. The van der Waals surface area contributed by atoms with Crippen molar-refractivity contribution in [2.45, 2.75) is 123 Å². The highest BCUT2D eigenvalue weighted by Gasteiger charge is 2.60. The Labute approximate surface area is 218 Å². The van der Waals surface area contributed by atoms with Crippen LogP contribution in [0, 0.1) is 17.3 Å². The molecule has 0 unspecified atom stereocenters. The minimum atomic E-state index is -0.573. The topological polar surface area (TPSA) is 54.0 Å². The van der Waals surface area contributed by atoms with Crippen LogP contribution in [-0.2, 0) is 30.3 Å². The second-order valence-corrected chi connectivity index (χ2v) is 12.7. The third-order valence-corrected chi connectivity index (χ3v) is 8.72. The molecule has 0 radical (unpaired) electrons. The van der Waals surface area contributed by atoms with Crippen LogP contribution in [0.15, 0.2) is 30.3 Å². The van der Waals surface area contributed by atoms with Gasteiger partial charge in [-0.05, 0) is 76.7 Å². The van der Waals surface area contributed by atoms with Gasteiger partial charge in [0.2, 0.25) is 0 Å². The lowest BCUT2D eigenvalue weighted by atomic mass is 9.61. The summed E-state index contributed by atoms with van der Waals surface area (Å²) in [4.78, 5) is 13.1. The van der Waals surface area contributed by atoms with Crippen LogP contribution < -0.4 is 0 Å². The molecule has 5 atom stereocenters. The van der Waals surface area contributed by atoms with Crippen LogP contribution in [0.4, 0.5) is 0 Å². The molecule has 1 spiro atoms. The van der Waals surface area contributed by atoms with E-state index in [0.29, 0.717) is 44.4 Å². The molecule has 5 nitrogen and oxygen atoms in total. The zero-order valence-corrected chi connectivity index (χ0v) is 23.2. The molecular formula is C31H48O5. The van der Waals surface area contributed by atoms with E-state index in [1.165, 1.54) is 5.56 Å². The minimum Gasteiger partial charge on any atom is -0.374 e. The van der Waals surface area contributed by atoms with E-state index in [9.17, 15) is 4.79 Å². The lowest BCUT2D eigenvalue weighted by molar-refractivity contribution is -0.249. The van der Waals surface area contributed by atoms with Gasteiger partial charge in [-0.25, -0.2) is 0 Å². The third kappa shape index (κ3) is 6.78. The molecule has 0 N–H and O–H groups in total. The summed E-state index contributed by atoms with van der Waals surface area (Å²) >= 11 is 0. The highest BCUT2D eigenvalue weighted by molar-refractivity contribution is 5.78. The number of rotatable bonds is 11. The maximum absolute atomic E-state index is 13.1. The van der Waals surface area contributed by atoms with Gasteiger partial charge in [-0.3, -0.25) is 4.79 Å². The molecule has 5 heteroatoms. The molecule has 1 saturated heterocycles. The van der Waals surface area contributed by atoms with E-state index in [-0.39, 0.29) is 29.1 Å². The molecule has 2 aliphatic carbocycles. The number of ether oxygens (including phenoxy) is 4. The molecule has 0 bridgehead atoms. The van der Waals surface area contributed by atoms with Crippen LogP contribution >= 0.6 is 0 Å². The second-order valence-electron chi connectivity index (χ2n) is 12.7. The van der Waals surface area contributed by atoms with Crippen LogP contribution in [0.5, 0.6) is 0 Å². The zero-order valence-electron chi connectivity index (χ0n) is 23.2. The monoisotopic (exact) mass is 500 g/mol. The predicted octanol–water partition coefficient (Wildman–Crippen LogP) is 6.86. The minimum absolute atomic E-state index is 0.0737. The van der Waals surface area contributed by atoms with E-state index in [0.717, 1.165) is 44.9 Å². The Bertz CT molecular complexity index is 840. The first-order valence-corrected chi connectivity index (χ1v) is 14.2. The molecule has 1 heterocycles. The number of hydrogen-bond acceptors (Lipinski definition) is 5. The summed E-state index contributed by atoms with van der Waals surface area (Å²) in [6.07, 6.45) is 8.56. The summed E-state index contributed by atoms with van der Waals surface area (Å²) < 4.78 is 25.1. The van der Waals surface area contributed by atoms with E-state index in [2.05, 4.69) is 46.8 Å². The normalized spacial score (nSPS) is 30.4. The Morgan fingerprint density at radius 2 is 1.81 bits per heavy atom. The van der Waals surface area contributed by atoms with Gasteiger partial charge in [-0.15, -0.1) is 0 Å². The Kier molecular flexibility index (Phi) is 8.97. The molecule has 1 aromatic rings. The van der Waals surface area contributed by atoms with Gasteiger partial charge in [0.1, 0.15) is 5.78 Å². The fourth-order valence-electron chi connectivity index (χ4n) is 6.80. The first-order valence-electron chi connectivity index (χ1n) is 14.2. The van der Waals surface area contributed by atoms with Gasteiger partial charge in [0.15, 0.2) is 5.79 Å². The Morgan fingerprint density at radius 1 is 1.08 bits per heavy atom. The number of unbranched alkanes of at least 4 members (excludes halogenated alkanes) is 1. The Morgan fingerprint density at radius 3 is 2.50 bits per heavy atom. The van der Waals surface area contributed by atoms with E-state index in [4.69, 9.17) is 18.9 Å². The van der Waals surface area contributed by atoms with Gasteiger partial charge in [0.05, 0.1) is 37.6 Å². The van der Waals surface area contributed by atoms with Crippen molar-refractivity contribution in [3.05, 3.63) is 35.9 Å². The fraction of sp³-hybridized carbons (Fsp3) is 0.774. The largest absolute Gasteiger partial charge is 0.374 e. The van der Waals surface area contributed by atoms with E-state index in [1.807, 2.05) is 18.2 Å². The first-order chi connectivity index (χ1) is 17.1. The van der Waals surface area contributed by atoms with E-state index < -0.39 is 5.79 Å². The summed E-state index contributed by atoms with van der Waals surface area (Å²) in [5.74, 6) is 0.387. The lowest BCUT2D eigenvalue weighted by Gasteiger charge is -2.51. The van der Waals surface area contributed by atoms with Crippen molar-refractivity contribution in [2.24, 2.45) is 17.3 Å². The first kappa shape index (κ1) is 27.8. The third-order valence-electron chi connectivity index (χ3n) is 8.72. The molecule has 2 saturated carbocycles.